The molecule has 172 valence electrons. The predicted octanol–water partition coefficient (Wildman–Crippen LogP) is 3.42. The molecule has 2 heterocycles. The molecule has 31 heavy (non-hydrogen) atoms. The number of para-hydroxylation sites is 1. The molecular weight excluding hydrogens is 531 g/mol. The number of aromatic nitrogens is 3. The van der Waals surface area contributed by atoms with Crippen LogP contribution in [0.1, 0.15) is 31.4 Å². The summed E-state index contributed by atoms with van der Waals surface area (Å²) in [6, 6.07) is 7.59. The molecule has 2 aromatic rings. The van der Waals surface area contributed by atoms with Gasteiger partial charge in [0.15, 0.2) is 11.8 Å². The molecule has 0 radical (unpaired) electrons. The van der Waals surface area contributed by atoms with Crippen molar-refractivity contribution in [1.29, 1.82) is 0 Å². The molecule has 1 aliphatic rings. The molecule has 0 saturated carbocycles. The lowest BCUT2D eigenvalue weighted by molar-refractivity contribution is 0.145. The van der Waals surface area contributed by atoms with Crippen molar-refractivity contribution in [2.45, 2.75) is 39.3 Å². The number of ether oxygens (including phenoxy) is 2. The fourth-order valence-electron chi connectivity index (χ4n) is 3.26. The van der Waals surface area contributed by atoms with E-state index in [1.165, 1.54) is 0 Å². The van der Waals surface area contributed by atoms with Crippen LogP contribution < -0.4 is 10.1 Å². The van der Waals surface area contributed by atoms with Gasteiger partial charge in [0.1, 0.15) is 24.2 Å². The van der Waals surface area contributed by atoms with E-state index in [0.29, 0.717) is 11.6 Å². The highest BCUT2D eigenvalue weighted by Crippen LogP contribution is 2.26. The lowest BCUT2D eigenvalue weighted by Gasteiger charge is -2.22. The van der Waals surface area contributed by atoms with E-state index >= 15 is 0 Å². The Labute approximate surface area is 206 Å². The summed E-state index contributed by atoms with van der Waals surface area (Å²) in [6.45, 7) is 8.29. The quantitative estimate of drug-likeness (QED) is 0.218. The molecule has 1 unspecified atom stereocenters. The first-order valence-electron chi connectivity index (χ1n) is 10.5. The summed E-state index contributed by atoms with van der Waals surface area (Å²) in [4.78, 5) is 7.04. The number of nitrogens with zero attached hydrogens (tertiary/aromatic N) is 5. The molecule has 1 aliphatic heterocycles. The third-order valence-electron chi connectivity index (χ3n) is 5.08. The second-order valence-electron chi connectivity index (χ2n) is 7.24. The number of aryl methyl sites for hydroxylation is 1. The number of likely N-dealkylation sites (tertiary alicyclic amines) is 1. The fraction of sp³-hybridized carbons (Fsp3) is 0.571. The van der Waals surface area contributed by atoms with E-state index in [9.17, 15) is 0 Å². The number of guanidine groups is 1. The molecular formula is C21H32ClIN6O2. The van der Waals surface area contributed by atoms with E-state index in [0.717, 1.165) is 69.0 Å². The van der Waals surface area contributed by atoms with Gasteiger partial charge in [0.05, 0.1) is 11.6 Å². The van der Waals surface area contributed by atoms with E-state index in [1.807, 2.05) is 49.7 Å². The van der Waals surface area contributed by atoms with E-state index in [2.05, 4.69) is 20.4 Å². The van der Waals surface area contributed by atoms with Crippen LogP contribution in [0.4, 0.5) is 0 Å². The summed E-state index contributed by atoms with van der Waals surface area (Å²) >= 11 is 6.24. The number of nitrogens with one attached hydrogen (secondary N) is 1. The van der Waals surface area contributed by atoms with Crippen molar-refractivity contribution < 1.29 is 9.47 Å². The topological polar surface area (TPSA) is 76.8 Å². The molecule has 8 nitrogen and oxygen atoms in total. The highest BCUT2D eigenvalue weighted by Gasteiger charge is 2.27. The molecule has 1 fully saturated rings. The van der Waals surface area contributed by atoms with Gasteiger partial charge in [-0.2, -0.15) is 0 Å². The van der Waals surface area contributed by atoms with Crippen LogP contribution in [0.3, 0.4) is 0 Å². The van der Waals surface area contributed by atoms with E-state index in [4.69, 9.17) is 26.1 Å². The summed E-state index contributed by atoms with van der Waals surface area (Å²) in [7, 11) is 1.96. The third-order valence-corrected chi connectivity index (χ3v) is 5.39. The molecule has 1 aromatic carbocycles. The van der Waals surface area contributed by atoms with Gasteiger partial charge < -0.3 is 24.3 Å². The van der Waals surface area contributed by atoms with Gasteiger partial charge in [-0.3, -0.25) is 0 Å². The van der Waals surface area contributed by atoms with Crippen LogP contribution in [-0.2, 0) is 18.3 Å². The minimum Gasteiger partial charge on any atom is -0.487 e. The van der Waals surface area contributed by atoms with E-state index in [-0.39, 0.29) is 30.1 Å². The lowest BCUT2D eigenvalue weighted by Crippen LogP contribution is -2.41. The van der Waals surface area contributed by atoms with Crippen LogP contribution in [0.15, 0.2) is 29.3 Å². The zero-order valence-corrected chi connectivity index (χ0v) is 21.5. The molecule has 0 aliphatic carbocycles. The Hall–Kier alpha value is -1.59. The van der Waals surface area contributed by atoms with Crippen LogP contribution in [0.2, 0.25) is 5.02 Å². The number of halogens is 2. The third kappa shape index (κ3) is 7.50. The maximum absolute atomic E-state index is 6.24. The number of hydrogen-bond acceptors (Lipinski definition) is 5. The Morgan fingerprint density at radius 1 is 1.32 bits per heavy atom. The van der Waals surface area contributed by atoms with Crippen LogP contribution in [-0.4, -0.2) is 64.6 Å². The zero-order valence-electron chi connectivity index (χ0n) is 18.4. The highest BCUT2D eigenvalue weighted by atomic mass is 127. The van der Waals surface area contributed by atoms with Gasteiger partial charge in [0.2, 0.25) is 0 Å². The smallest absolute Gasteiger partial charge is 0.194 e. The monoisotopic (exact) mass is 562 g/mol. The van der Waals surface area contributed by atoms with Crippen molar-refractivity contribution in [3.63, 3.8) is 0 Å². The Kier molecular flexibility index (Phi) is 10.8. The first-order valence-corrected chi connectivity index (χ1v) is 10.8. The second kappa shape index (κ2) is 13.1. The average molecular weight is 563 g/mol. The van der Waals surface area contributed by atoms with Gasteiger partial charge in [-0.05, 0) is 32.4 Å². The number of benzene rings is 1. The molecule has 1 aromatic heterocycles. The zero-order chi connectivity index (χ0) is 21.3. The fourth-order valence-corrected chi connectivity index (χ4v) is 3.44. The Morgan fingerprint density at radius 2 is 2.13 bits per heavy atom. The Balaban J connectivity index is 0.00000341. The first kappa shape index (κ1) is 25.7. The molecule has 0 bridgehead atoms. The summed E-state index contributed by atoms with van der Waals surface area (Å²) in [5.41, 5.74) is 0. The Bertz CT molecular complexity index is 847. The summed E-state index contributed by atoms with van der Waals surface area (Å²) < 4.78 is 13.5. The number of hydrogen-bond donors (Lipinski definition) is 1. The molecule has 1 N–H and O–H groups in total. The molecule has 1 saturated heterocycles. The predicted molar refractivity (Wildman–Crippen MR) is 133 cm³/mol. The Morgan fingerprint density at radius 3 is 2.84 bits per heavy atom. The highest BCUT2D eigenvalue weighted by molar-refractivity contribution is 14.0. The van der Waals surface area contributed by atoms with Crippen molar-refractivity contribution in [1.82, 2.24) is 25.0 Å². The van der Waals surface area contributed by atoms with Gasteiger partial charge in [0, 0.05) is 39.8 Å². The summed E-state index contributed by atoms with van der Waals surface area (Å²) in [5.74, 6) is 3.30. The lowest BCUT2D eigenvalue weighted by atomic mass is 10.3. The van der Waals surface area contributed by atoms with Crippen LogP contribution in [0, 0.1) is 6.92 Å². The van der Waals surface area contributed by atoms with Crippen molar-refractivity contribution in [3.8, 4) is 5.75 Å². The maximum Gasteiger partial charge on any atom is 0.194 e. The largest absolute Gasteiger partial charge is 0.487 e. The van der Waals surface area contributed by atoms with Crippen molar-refractivity contribution >= 4 is 41.5 Å². The average Bonchev–Trinajstić information content (AvgIpc) is 3.33. The molecule has 10 heteroatoms. The van der Waals surface area contributed by atoms with Crippen molar-refractivity contribution in [2.75, 3.05) is 32.8 Å². The van der Waals surface area contributed by atoms with Crippen molar-refractivity contribution in [3.05, 3.63) is 40.9 Å². The second-order valence-corrected chi connectivity index (χ2v) is 7.65. The molecule has 0 amide bonds. The number of aliphatic imine (C=N–C) groups is 1. The van der Waals surface area contributed by atoms with Gasteiger partial charge in [-0.15, -0.1) is 34.2 Å². The number of rotatable bonds is 9. The normalized spacial score (nSPS) is 16.3. The van der Waals surface area contributed by atoms with Gasteiger partial charge in [-0.25, -0.2) is 4.99 Å². The van der Waals surface area contributed by atoms with E-state index < -0.39 is 0 Å². The van der Waals surface area contributed by atoms with Gasteiger partial charge in [-0.1, -0.05) is 23.7 Å². The van der Waals surface area contributed by atoms with Crippen LogP contribution >= 0.6 is 35.6 Å². The van der Waals surface area contributed by atoms with Gasteiger partial charge >= 0.3 is 0 Å². The standard InChI is InChI=1S/C21H31ClN6O2.HI/c1-4-29-13-7-11-23-21(24-14-20-26-25-16(2)27(20)3)28-12-10-17(15-28)30-19-9-6-5-8-18(19)22;/h5-6,8-9,17H,4,7,10-15H2,1-3H3,(H,23,24);1H. The van der Waals surface area contributed by atoms with E-state index in [1.54, 1.807) is 0 Å². The molecule has 3 rings (SSSR count). The first-order chi connectivity index (χ1) is 14.6. The summed E-state index contributed by atoms with van der Waals surface area (Å²) in [5, 5.41) is 12.4. The maximum atomic E-state index is 6.24. The van der Waals surface area contributed by atoms with Crippen molar-refractivity contribution in [2.24, 2.45) is 12.0 Å². The van der Waals surface area contributed by atoms with Crippen LogP contribution in [0.5, 0.6) is 5.75 Å². The van der Waals surface area contributed by atoms with Gasteiger partial charge in [0.25, 0.3) is 0 Å². The summed E-state index contributed by atoms with van der Waals surface area (Å²) in [6.07, 6.45) is 1.90. The minimum absolute atomic E-state index is 0. The van der Waals surface area contributed by atoms with Crippen LogP contribution in [0.25, 0.3) is 0 Å². The minimum atomic E-state index is 0. The molecule has 0 spiro atoms. The molecule has 1 atom stereocenters. The SMILES string of the molecule is CCOCCCNC(=NCc1nnc(C)n1C)N1CCC(Oc2ccccc2Cl)C1.I.